The number of nitrogen functional groups attached to an aromatic ring is 1. The molecule has 2 rings (SSSR count). The van der Waals surface area contributed by atoms with Gasteiger partial charge in [-0.25, -0.2) is 9.98 Å². The van der Waals surface area contributed by atoms with Crippen LogP contribution in [0, 0.1) is 0 Å². The third-order valence-electron chi connectivity index (χ3n) is 2.68. The Labute approximate surface area is 143 Å². The average molecular weight is 405 g/mol. The van der Waals surface area contributed by atoms with Gasteiger partial charge < -0.3 is 5.73 Å². The number of anilines is 1. The highest BCUT2D eigenvalue weighted by atomic mass is 79.9. The van der Waals surface area contributed by atoms with Crippen LogP contribution in [0.2, 0.25) is 0 Å². The number of rotatable bonds is 4. The molecular weight excluding hydrogens is 393 g/mol. The van der Waals surface area contributed by atoms with Gasteiger partial charge in [0, 0.05) is 34.3 Å². The van der Waals surface area contributed by atoms with Gasteiger partial charge in [0.1, 0.15) is 5.69 Å². The second-order valence-electron chi connectivity index (χ2n) is 4.36. The molecule has 23 heavy (non-hydrogen) atoms. The molecule has 0 radical (unpaired) electrons. The van der Waals surface area contributed by atoms with E-state index in [1.165, 1.54) is 6.21 Å². The second-order valence-corrected chi connectivity index (χ2v) is 6.58. The van der Waals surface area contributed by atoms with Crippen LogP contribution in [0.3, 0.4) is 0 Å². The fourth-order valence-electron chi connectivity index (χ4n) is 1.65. The SMILES string of the molecule is CCSc1cc(Br)cnc1N=Cc1cnc(C(F)(F)F)cc1N. The Hall–Kier alpha value is -1.61. The van der Waals surface area contributed by atoms with Crippen molar-refractivity contribution >= 4 is 45.4 Å². The molecule has 0 bridgehead atoms. The molecule has 0 aliphatic carbocycles. The third kappa shape index (κ3) is 4.68. The number of pyridine rings is 2. The van der Waals surface area contributed by atoms with Crippen molar-refractivity contribution < 1.29 is 13.2 Å². The standard InChI is InChI=1S/C14H12BrF3N4S/c1-2-23-11-3-9(15)7-22-13(11)21-6-8-5-20-12(4-10(8)19)14(16,17)18/h3-7H,2H2,1H3,(H2,19,20). The van der Waals surface area contributed by atoms with E-state index in [0.717, 1.165) is 27.4 Å². The number of alkyl halides is 3. The zero-order valence-corrected chi connectivity index (χ0v) is 14.3. The molecule has 0 fully saturated rings. The summed E-state index contributed by atoms with van der Waals surface area (Å²) in [6.45, 7) is 2.00. The van der Waals surface area contributed by atoms with Crippen molar-refractivity contribution in [1.29, 1.82) is 0 Å². The summed E-state index contributed by atoms with van der Waals surface area (Å²) in [4.78, 5) is 12.6. The van der Waals surface area contributed by atoms with Gasteiger partial charge >= 0.3 is 6.18 Å². The van der Waals surface area contributed by atoms with Crippen molar-refractivity contribution in [2.24, 2.45) is 4.99 Å². The second kappa shape index (κ2) is 7.31. The number of aliphatic imine (C=N–C) groups is 1. The highest BCUT2D eigenvalue weighted by Crippen LogP contribution is 2.31. The van der Waals surface area contributed by atoms with Crippen molar-refractivity contribution in [3.8, 4) is 0 Å². The number of nitrogens with two attached hydrogens (primary N) is 1. The molecule has 0 aliphatic heterocycles. The van der Waals surface area contributed by atoms with Crippen molar-refractivity contribution in [1.82, 2.24) is 9.97 Å². The van der Waals surface area contributed by atoms with Crippen molar-refractivity contribution in [3.05, 3.63) is 40.3 Å². The van der Waals surface area contributed by atoms with Crippen LogP contribution in [0.5, 0.6) is 0 Å². The minimum Gasteiger partial charge on any atom is -0.398 e. The van der Waals surface area contributed by atoms with E-state index in [1.54, 1.807) is 18.0 Å². The first kappa shape index (κ1) is 17.7. The van der Waals surface area contributed by atoms with Gasteiger partial charge in [-0.1, -0.05) is 6.92 Å². The Morgan fingerprint density at radius 3 is 2.65 bits per heavy atom. The van der Waals surface area contributed by atoms with Crippen LogP contribution in [0.4, 0.5) is 24.7 Å². The molecule has 2 N–H and O–H groups in total. The molecule has 0 aliphatic rings. The van der Waals surface area contributed by atoms with Crippen LogP contribution >= 0.6 is 27.7 Å². The Balaban J connectivity index is 2.30. The van der Waals surface area contributed by atoms with E-state index in [0.29, 0.717) is 11.4 Å². The summed E-state index contributed by atoms with van der Waals surface area (Å²) in [6.07, 6.45) is -0.520. The van der Waals surface area contributed by atoms with E-state index in [1.807, 2.05) is 13.0 Å². The van der Waals surface area contributed by atoms with Crippen LogP contribution in [0.15, 0.2) is 38.9 Å². The predicted molar refractivity (Wildman–Crippen MR) is 89.2 cm³/mol. The van der Waals surface area contributed by atoms with Gasteiger partial charge in [0.25, 0.3) is 0 Å². The lowest BCUT2D eigenvalue weighted by Crippen LogP contribution is -2.09. The maximum Gasteiger partial charge on any atom is 0.433 e. The topological polar surface area (TPSA) is 64.2 Å². The number of hydrogen-bond donors (Lipinski definition) is 1. The monoisotopic (exact) mass is 404 g/mol. The third-order valence-corrected chi connectivity index (χ3v) is 4.02. The summed E-state index contributed by atoms with van der Waals surface area (Å²) in [7, 11) is 0. The van der Waals surface area contributed by atoms with Gasteiger partial charge in [-0.15, -0.1) is 11.8 Å². The molecule has 0 atom stereocenters. The largest absolute Gasteiger partial charge is 0.433 e. The molecule has 0 saturated heterocycles. The molecule has 2 heterocycles. The van der Waals surface area contributed by atoms with Crippen LogP contribution in [-0.4, -0.2) is 21.9 Å². The molecule has 0 aromatic carbocycles. The van der Waals surface area contributed by atoms with Gasteiger partial charge in [-0.05, 0) is 33.8 Å². The van der Waals surface area contributed by atoms with Gasteiger partial charge in [0.15, 0.2) is 5.82 Å². The van der Waals surface area contributed by atoms with E-state index in [4.69, 9.17) is 5.73 Å². The van der Waals surface area contributed by atoms with Gasteiger partial charge in [-0.3, -0.25) is 4.98 Å². The summed E-state index contributed by atoms with van der Waals surface area (Å²) in [6, 6.07) is 2.67. The molecule has 0 spiro atoms. The van der Waals surface area contributed by atoms with Crippen LogP contribution in [0.25, 0.3) is 0 Å². The Morgan fingerprint density at radius 1 is 1.30 bits per heavy atom. The first-order valence-electron chi connectivity index (χ1n) is 6.46. The lowest BCUT2D eigenvalue weighted by atomic mass is 10.2. The van der Waals surface area contributed by atoms with E-state index in [9.17, 15) is 13.2 Å². The summed E-state index contributed by atoms with van der Waals surface area (Å²) in [5, 5.41) is 0. The molecule has 2 aromatic rings. The van der Waals surface area contributed by atoms with Crippen LogP contribution in [0.1, 0.15) is 18.2 Å². The van der Waals surface area contributed by atoms with Crippen molar-refractivity contribution in [2.45, 2.75) is 18.0 Å². The van der Waals surface area contributed by atoms with Crippen LogP contribution in [-0.2, 0) is 6.18 Å². The van der Waals surface area contributed by atoms with E-state index in [-0.39, 0.29) is 5.69 Å². The Bertz CT molecular complexity index is 734. The lowest BCUT2D eigenvalue weighted by Gasteiger charge is -2.07. The van der Waals surface area contributed by atoms with Gasteiger partial charge in [0.05, 0.1) is 4.90 Å². The molecule has 9 heteroatoms. The predicted octanol–water partition coefficient (Wildman–Crippen LogP) is 4.70. The minimum absolute atomic E-state index is 0.0436. The molecule has 0 unspecified atom stereocenters. The smallest absolute Gasteiger partial charge is 0.398 e. The molecule has 0 amide bonds. The maximum absolute atomic E-state index is 12.6. The number of nitrogens with zero attached hydrogens (tertiary/aromatic N) is 3. The average Bonchev–Trinajstić information content (AvgIpc) is 2.47. The normalized spacial score (nSPS) is 12.0. The highest BCUT2D eigenvalue weighted by Gasteiger charge is 2.32. The Kier molecular flexibility index (Phi) is 5.64. The molecule has 122 valence electrons. The quantitative estimate of drug-likeness (QED) is 0.592. The molecule has 0 saturated carbocycles. The van der Waals surface area contributed by atoms with Crippen molar-refractivity contribution in [2.75, 3.05) is 11.5 Å². The summed E-state index contributed by atoms with van der Waals surface area (Å²) >= 11 is 4.90. The fourth-order valence-corrected chi connectivity index (χ4v) is 2.89. The van der Waals surface area contributed by atoms with E-state index < -0.39 is 11.9 Å². The fraction of sp³-hybridized carbons (Fsp3) is 0.214. The molecular formula is C14H12BrF3N4S. The molecule has 2 aromatic heterocycles. The first-order chi connectivity index (χ1) is 10.8. The zero-order valence-electron chi connectivity index (χ0n) is 11.9. The zero-order chi connectivity index (χ0) is 17.0. The number of aromatic nitrogens is 2. The number of thioether (sulfide) groups is 1. The highest BCUT2D eigenvalue weighted by molar-refractivity contribution is 9.10. The van der Waals surface area contributed by atoms with E-state index in [2.05, 4.69) is 30.9 Å². The van der Waals surface area contributed by atoms with Crippen molar-refractivity contribution in [3.63, 3.8) is 0 Å². The van der Waals surface area contributed by atoms with E-state index >= 15 is 0 Å². The minimum atomic E-state index is -4.53. The summed E-state index contributed by atoms with van der Waals surface area (Å²) < 4.78 is 38.5. The number of halogens is 4. The van der Waals surface area contributed by atoms with Gasteiger partial charge in [0.2, 0.25) is 0 Å². The summed E-state index contributed by atoms with van der Waals surface area (Å²) in [5.74, 6) is 1.31. The first-order valence-corrected chi connectivity index (χ1v) is 8.24. The molecule has 4 nitrogen and oxygen atoms in total. The summed E-state index contributed by atoms with van der Waals surface area (Å²) in [5.41, 5.74) is 4.86. The Morgan fingerprint density at radius 2 is 2.04 bits per heavy atom. The van der Waals surface area contributed by atoms with Crippen LogP contribution < -0.4 is 5.73 Å². The lowest BCUT2D eigenvalue weighted by molar-refractivity contribution is -0.141. The maximum atomic E-state index is 12.6. The van der Waals surface area contributed by atoms with Gasteiger partial charge in [-0.2, -0.15) is 13.2 Å². The number of hydrogen-bond acceptors (Lipinski definition) is 5.